The van der Waals surface area contributed by atoms with Gasteiger partial charge in [0.15, 0.2) is 0 Å². The minimum absolute atomic E-state index is 0.100. The van der Waals surface area contributed by atoms with Gasteiger partial charge in [0.05, 0.1) is 23.1 Å². The maximum absolute atomic E-state index is 4.55. The van der Waals surface area contributed by atoms with Crippen molar-refractivity contribution in [3.05, 3.63) is 90.1 Å². The molecule has 2 aliphatic rings. The zero-order valence-corrected chi connectivity index (χ0v) is 18.0. The van der Waals surface area contributed by atoms with E-state index in [0.29, 0.717) is 0 Å². The number of anilines is 2. The fourth-order valence-corrected chi connectivity index (χ4v) is 4.28. The highest BCUT2D eigenvalue weighted by Crippen LogP contribution is 2.30. The van der Waals surface area contributed by atoms with Crippen LogP contribution in [0.2, 0.25) is 0 Å². The quantitative estimate of drug-likeness (QED) is 0.598. The Hall–Kier alpha value is -3.31. The summed E-state index contributed by atoms with van der Waals surface area (Å²) in [5, 5.41) is 4.58. The first kappa shape index (κ1) is 19.6. The molecule has 5 rings (SSSR count). The van der Waals surface area contributed by atoms with E-state index in [-0.39, 0.29) is 5.41 Å². The molecule has 0 unspecified atom stereocenters. The third-order valence-electron chi connectivity index (χ3n) is 5.86. The van der Waals surface area contributed by atoms with Crippen molar-refractivity contribution in [2.24, 2.45) is 5.41 Å². The number of nitrogens with one attached hydrogen (secondary N) is 1. The number of allylic oxidation sites excluding steroid dienone is 5. The normalized spacial score (nSPS) is 17.4. The van der Waals surface area contributed by atoms with Gasteiger partial charge in [0.25, 0.3) is 0 Å². The van der Waals surface area contributed by atoms with Crippen molar-refractivity contribution >= 4 is 22.4 Å². The second-order valence-electron chi connectivity index (χ2n) is 8.91. The number of para-hydroxylation sites is 1. The molecule has 0 fully saturated rings. The Kier molecular flexibility index (Phi) is 5.12. The predicted molar refractivity (Wildman–Crippen MR) is 126 cm³/mol. The monoisotopic (exact) mass is 409 g/mol. The Morgan fingerprint density at radius 3 is 2.90 bits per heavy atom. The first-order valence-corrected chi connectivity index (χ1v) is 10.8. The summed E-state index contributed by atoms with van der Waals surface area (Å²) >= 11 is 0. The number of hydrogen-bond acceptors (Lipinski definition) is 5. The zero-order valence-electron chi connectivity index (χ0n) is 18.0. The second-order valence-corrected chi connectivity index (χ2v) is 8.91. The third kappa shape index (κ3) is 4.42. The lowest BCUT2D eigenvalue weighted by atomic mass is 9.90. The lowest BCUT2D eigenvalue weighted by Gasteiger charge is -2.18. The molecule has 2 aromatic heterocycles. The summed E-state index contributed by atoms with van der Waals surface area (Å²) in [4.78, 5) is 16.1. The maximum atomic E-state index is 4.55. The molecular formula is C26H27N5. The Labute approximate surface area is 183 Å². The molecule has 3 heterocycles. The van der Waals surface area contributed by atoms with E-state index in [1.165, 1.54) is 11.1 Å². The molecule has 1 aliphatic carbocycles. The molecular weight excluding hydrogens is 382 g/mol. The Balaban J connectivity index is 1.29. The van der Waals surface area contributed by atoms with Crippen LogP contribution in [0.4, 0.5) is 11.5 Å². The van der Waals surface area contributed by atoms with E-state index in [2.05, 4.69) is 81.5 Å². The van der Waals surface area contributed by atoms with Crippen LogP contribution in [0.3, 0.4) is 0 Å². The molecule has 5 nitrogen and oxygen atoms in total. The van der Waals surface area contributed by atoms with E-state index in [0.717, 1.165) is 54.2 Å². The lowest BCUT2D eigenvalue weighted by Crippen LogP contribution is -2.18. The predicted octanol–water partition coefficient (Wildman–Crippen LogP) is 5.55. The molecule has 0 bridgehead atoms. The average molecular weight is 410 g/mol. The molecule has 0 amide bonds. The second kappa shape index (κ2) is 8.08. The number of nitrogens with zero attached hydrogens (tertiary/aromatic N) is 4. The minimum Gasteiger partial charge on any atom is -0.339 e. The highest BCUT2D eigenvalue weighted by molar-refractivity contribution is 5.82. The zero-order chi connectivity index (χ0) is 21.3. The molecule has 156 valence electrons. The lowest BCUT2D eigenvalue weighted by molar-refractivity contribution is 0.287. The minimum atomic E-state index is 0.100. The van der Waals surface area contributed by atoms with Crippen LogP contribution in [0.5, 0.6) is 0 Å². The van der Waals surface area contributed by atoms with Gasteiger partial charge in [0.1, 0.15) is 12.1 Å². The fourth-order valence-electron chi connectivity index (χ4n) is 4.28. The van der Waals surface area contributed by atoms with Crippen LogP contribution in [0.15, 0.2) is 78.8 Å². The number of fused-ring (bicyclic) bond motifs is 2. The van der Waals surface area contributed by atoms with Crippen molar-refractivity contribution in [1.82, 2.24) is 19.9 Å². The molecule has 31 heavy (non-hydrogen) atoms. The van der Waals surface area contributed by atoms with E-state index in [1.54, 1.807) is 6.33 Å². The molecule has 0 radical (unpaired) electrons. The average Bonchev–Trinajstić information content (AvgIpc) is 3.10. The highest BCUT2D eigenvalue weighted by atomic mass is 15.2. The Bertz CT molecular complexity index is 1210. The molecule has 0 saturated carbocycles. The summed E-state index contributed by atoms with van der Waals surface area (Å²) in [7, 11) is 0. The van der Waals surface area contributed by atoms with Crippen LogP contribution in [-0.2, 0) is 13.1 Å². The smallest absolute Gasteiger partial charge is 0.138 e. The summed E-state index contributed by atoms with van der Waals surface area (Å²) in [6, 6.07) is 10.3. The van der Waals surface area contributed by atoms with Gasteiger partial charge >= 0.3 is 0 Å². The molecule has 0 atom stereocenters. The number of aromatic nitrogens is 3. The number of hydrogen-bond donors (Lipinski definition) is 1. The van der Waals surface area contributed by atoms with Gasteiger partial charge in [-0.1, -0.05) is 62.4 Å². The van der Waals surface area contributed by atoms with Gasteiger partial charge in [-0.3, -0.25) is 9.88 Å². The molecule has 3 aromatic rings. The van der Waals surface area contributed by atoms with Crippen molar-refractivity contribution in [3.8, 4) is 0 Å². The van der Waals surface area contributed by atoms with Crippen LogP contribution in [-0.4, -0.2) is 26.4 Å². The molecule has 0 spiro atoms. The largest absolute Gasteiger partial charge is 0.339 e. The van der Waals surface area contributed by atoms with Gasteiger partial charge < -0.3 is 5.32 Å². The Morgan fingerprint density at radius 2 is 1.97 bits per heavy atom. The number of benzene rings is 1. The van der Waals surface area contributed by atoms with E-state index >= 15 is 0 Å². The van der Waals surface area contributed by atoms with Crippen LogP contribution in [0.1, 0.15) is 31.5 Å². The topological polar surface area (TPSA) is 53.9 Å². The van der Waals surface area contributed by atoms with E-state index in [1.807, 2.05) is 24.4 Å². The summed E-state index contributed by atoms with van der Waals surface area (Å²) in [5.41, 5.74) is 5.72. The van der Waals surface area contributed by atoms with Crippen LogP contribution in [0, 0.1) is 5.41 Å². The van der Waals surface area contributed by atoms with Crippen molar-refractivity contribution in [1.29, 1.82) is 0 Å². The van der Waals surface area contributed by atoms with Crippen molar-refractivity contribution in [2.75, 3.05) is 11.9 Å². The summed E-state index contributed by atoms with van der Waals surface area (Å²) < 4.78 is 0. The van der Waals surface area contributed by atoms with Gasteiger partial charge in [0, 0.05) is 36.0 Å². The van der Waals surface area contributed by atoms with Crippen LogP contribution in [0.25, 0.3) is 10.9 Å². The maximum Gasteiger partial charge on any atom is 0.138 e. The van der Waals surface area contributed by atoms with E-state index in [4.69, 9.17) is 0 Å². The first-order chi connectivity index (χ1) is 15.1. The first-order valence-electron chi connectivity index (χ1n) is 10.8. The third-order valence-corrected chi connectivity index (χ3v) is 5.86. The fraction of sp³-hybridized carbons (Fsp3) is 0.269. The Morgan fingerprint density at radius 1 is 1.06 bits per heavy atom. The molecule has 5 heteroatoms. The number of rotatable bonds is 5. The molecule has 1 N–H and O–H groups in total. The van der Waals surface area contributed by atoms with Gasteiger partial charge in [-0.2, -0.15) is 0 Å². The van der Waals surface area contributed by atoms with E-state index < -0.39 is 0 Å². The standard InChI is InChI=1S/C26H27N5/c1-26(2)11-6-5-7-19(14-26)10-12-31-16-22-24(17-31)28-18-29-25(22)30-21-13-20-8-3-4-9-23(20)27-15-21/h3-9,11,13-15,18H,10,12,16-17H2,1-2H3,(H,28,29,30). The summed E-state index contributed by atoms with van der Waals surface area (Å²) in [6.07, 6.45) is 15.7. The summed E-state index contributed by atoms with van der Waals surface area (Å²) in [5.74, 6) is 0.878. The molecule has 1 aliphatic heterocycles. The van der Waals surface area contributed by atoms with Crippen molar-refractivity contribution < 1.29 is 0 Å². The van der Waals surface area contributed by atoms with E-state index in [9.17, 15) is 0 Å². The summed E-state index contributed by atoms with van der Waals surface area (Å²) in [6.45, 7) is 7.22. The van der Waals surface area contributed by atoms with Crippen LogP contribution >= 0.6 is 0 Å². The number of pyridine rings is 1. The molecule has 0 saturated heterocycles. The van der Waals surface area contributed by atoms with Gasteiger partial charge in [-0.15, -0.1) is 0 Å². The van der Waals surface area contributed by atoms with Gasteiger partial charge in [0.2, 0.25) is 0 Å². The SMILES string of the molecule is CC1(C)C=CC=CC(CCN2Cc3ncnc(Nc4cnc5ccccc5c4)c3C2)=C1. The highest BCUT2D eigenvalue weighted by Gasteiger charge is 2.24. The van der Waals surface area contributed by atoms with Crippen molar-refractivity contribution in [3.63, 3.8) is 0 Å². The molecule has 1 aromatic carbocycles. The van der Waals surface area contributed by atoms with Crippen molar-refractivity contribution in [2.45, 2.75) is 33.4 Å². The van der Waals surface area contributed by atoms with Gasteiger partial charge in [-0.05, 0) is 24.1 Å². The van der Waals surface area contributed by atoms with Crippen LogP contribution < -0.4 is 5.32 Å². The van der Waals surface area contributed by atoms with Gasteiger partial charge in [-0.25, -0.2) is 9.97 Å².